The van der Waals surface area contributed by atoms with Crippen LogP contribution in [0.15, 0.2) is 24.3 Å². The van der Waals surface area contributed by atoms with Gasteiger partial charge in [-0.2, -0.15) is 0 Å². The summed E-state index contributed by atoms with van der Waals surface area (Å²) in [6.45, 7) is 14.2. The van der Waals surface area contributed by atoms with E-state index in [0.29, 0.717) is 12.5 Å². The van der Waals surface area contributed by atoms with Gasteiger partial charge in [0.15, 0.2) is 0 Å². The Morgan fingerprint density at radius 1 is 1.26 bits per heavy atom. The third-order valence-corrected chi connectivity index (χ3v) is 3.57. The van der Waals surface area contributed by atoms with Gasteiger partial charge in [-0.25, -0.2) is 0 Å². The van der Waals surface area contributed by atoms with Crippen LogP contribution >= 0.6 is 0 Å². The molecule has 1 nitrogen and oxygen atoms in total. The maximum atomic E-state index is 5.65. The number of hydrogen-bond donors (Lipinski definition) is 1. The quantitative estimate of drug-likeness (QED) is 0.834. The van der Waals surface area contributed by atoms with E-state index in [1.165, 1.54) is 22.3 Å². The van der Waals surface area contributed by atoms with E-state index in [1.54, 1.807) is 0 Å². The van der Waals surface area contributed by atoms with E-state index in [-0.39, 0.29) is 5.41 Å². The highest BCUT2D eigenvalue weighted by molar-refractivity contribution is 5.70. The lowest BCUT2D eigenvalue weighted by molar-refractivity contribution is 0.589. The van der Waals surface area contributed by atoms with E-state index in [9.17, 15) is 0 Å². The van der Waals surface area contributed by atoms with Crippen LogP contribution in [0.5, 0.6) is 0 Å². The van der Waals surface area contributed by atoms with Crippen molar-refractivity contribution >= 4 is 5.57 Å². The summed E-state index contributed by atoms with van der Waals surface area (Å²) in [6.07, 6.45) is 3.26. The summed E-state index contributed by atoms with van der Waals surface area (Å²) in [5, 5.41) is 0. The lowest BCUT2D eigenvalue weighted by Gasteiger charge is -2.23. The Labute approximate surface area is 118 Å². The van der Waals surface area contributed by atoms with Crippen molar-refractivity contribution in [1.82, 2.24) is 0 Å². The first-order valence-corrected chi connectivity index (χ1v) is 7.29. The molecule has 0 aromatic heterocycles. The Hall–Kier alpha value is -1.08. The van der Waals surface area contributed by atoms with Crippen molar-refractivity contribution < 1.29 is 0 Å². The molecule has 106 valence electrons. The number of rotatable bonds is 4. The largest absolute Gasteiger partial charge is 0.330 e. The van der Waals surface area contributed by atoms with Crippen LogP contribution in [0, 0.1) is 12.8 Å². The molecule has 1 rings (SSSR count). The minimum absolute atomic E-state index is 0.193. The zero-order chi connectivity index (χ0) is 14.6. The Bertz CT molecular complexity index is 447. The fourth-order valence-corrected chi connectivity index (χ4v) is 2.30. The highest BCUT2D eigenvalue weighted by atomic mass is 14.5. The van der Waals surface area contributed by atoms with Crippen LogP contribution in [-0.2, 0) is 5.41 Å². The zero-order valence-electron chi connectivity index (χ0n) is 13.4. The summed E-state index contributed by atoms with van der Waals surface area (Å²) in [4.78, 5) is 0. The van der Waals surface area contributed by atoms with Crippen LogP contribution in [0.3, 0.4) is 0 Å². The number of hydrogen-bond acceptors (Lipinski definition) is 1. The van der Waals surface area contributed by atoms with Gasteiger partial charge in [-0.3, -0.25) is 0 Å². The maximum Gasteiger partial charge on any atom is -0.00424 e. The van der Waals surface area contributed by atoms with Gasteiger partial charge >= 0.3 is 0 Å². The van der Waals surface area contributed by atoms with Crippen molar-refractivity contribution in [2.45, 2.75) is 53.4 Å². The molecule has 1 heteroatoms. The lowest BCUT2D eigenvalue weighted by atomic mass is 9.82. The van der Waals surface area contributed by atoms with Crippen LogP contribution in [0.4, 0.5) is 0 Å². The summed E-state index contributed by atoms with van der Waals surface area (Å²) in [6, 6.07) is 6.85. The molecule has 0 atom stereocenters. The molecule has 0 saturated carbocycles. The van der Waals surface area contributed by atoms with Crippen LogP contribution in [0.2, 0.25) is 0 Å². The first-order chi connectivity index (χ1) is 8.77. The molecule has 0 unspecified atom stereocenters. The second kappa shape index (κ2) is 6.38. The lowest BCUT2D eigenvalue weighted by Crippen LogP contribution is -2.12. The van der Waals surface area contributed by atoms with Crippen molar-refractivity contribution in [2.24, 2.45) is 11.7 Å². The van der Waals surface area contributed by atoms with Gasteiger partial charge in [-0.05, 0) is 53.5 Å². The Morgan fingerprint density at radius 3 is 2.37 bits per heavy atom. The van der Waals surface area contributed by atoms with E-state index in [2.05, 4.69) is 65.8 Å². The SMILES string of the molecule is Cc1ccc(C(C)(C)C)cc1/C(=C/CCN)C(C)C. The molecule has 1 aromatic rings. The van der Waals surface area contributed by atoms with Gasteiger partial charge in [-0.15, -0.1) is 0 Å². The van der Waals surface area contributed by atoms with E-state index < -0.39 is 0 Å². The molecule has 0 spiro atoms. The number of aryl methyl sites for hydroxylation is 1. The number of allylic oxidation sites excluding steroid dienone is 1. The van der Waals surface area contributed by atoms with Crippen molar-refractivity contribution in [2.75, 3.05) is 6.54 Å². The van der Waals surface area contributed by atoms with Gasteiger partial charge in [-0.1, -0.05) is 58.9 Å². The van der Waals surface area contributed by atoms with Crippen LogP contribution < -0.4 is 5.73 Å². The minimum Gasteiger partial charge on any atom is -0.330 e. The van der Waals surface area contributed by atoms with E-state index >= 15 is 0 Å². The highest BCUT2D eigenvalue weighted by Gasteiger charge is 2.16. The molecule has 0 saturated heterocycles. The van der Waals surface area contributed by atoms with Crippen LogP contribution in [0.1, 0.15) is 57.7 Å². The van der Waals surface area contributed by atoms with E-state index in [4.69, 9.17) is 5.73 Å². The minimum atomic E-state index is 0.193. The fourth-order valence-electron chi connectivity index (χ4n) is 2.30. The van der Waals surface area contributed by atoms with E-state index in [0.717, 1.165) is 6.42 Å². The maximum absolute atomic E-state index is 5.65. The summed E-state index contributed by atoms with van der Waals surface area (Å²) in [5.41, 5.74) is 11.4. The van der Waals surface area contributed by atoms with Gasteiger partial charge in [0.05, 0.1) is 0 Å². The molecule has 0 aliphatic heterocycles. The topological polar surface area (TPSA) is 26.0 Å². The third kappa shape index (κ3) is 4.21. The van der Waals surface area contributed by atoms with Crippen molar-refractivity contribution in [1.29, 1.82) is 0 Å². The van der Waals surface area contributed by atoms with Gasteiger partial charge in [0, 0.05) is 0 Å². The molecule has 0 heterocycles. The van der Waals surface area contributed by atoms with Crippen LogP contribution in [-0.4, -0.2) is 6.54 Å². The molecule has 0 amide bonds. The predicted octanol–water partition coefficient (Wildman–Crippen LogP) is 4.68. The predicted molar refractivity (Wildman–Crippen MR) is 86.4 cm³/mol. The molecule has 2 N–H and O–H groups in total. The summed E-state index contributed by atoms with van der Waals surface area (Å²) in [5.74, 6) is 0.528. The molecular weight excluding hydrogens is 230 g/mol. The van der Waals surface area contributed by atoms with Gasteiger partial charge < -0.3 is 5.73 Å². The molecule has 0 bridgehead atoms. The number of nitrogens with two attached hydrogens (primary N) is 1. The Kier molecular flexibility index (Phi) is 5.37. The van der Waals surface area contributed by atoms with Gasteiger partial charge in [0.25, 0.3) is 0 Å². The first kappa shape index (κ1) is 16.0. The molecule has 0 aliphatic carbocycles. The van der Waals surface area contributed by atoms with E-state index in [1.807, 2.05) is 0 Å². The van der Waals surface area contributed by atoms with Crippen molar-refractivity contribution in [3.8, 4) is 0 Å². The molecule has 1 aromatic carbocycles. The molecule has 19 heavy (non-hydrogen) atoms. The monoisotopic (exact) mass is 259 g/mol. The summed E-state index contributed by atoms with van der Waals surface area (Å²) >= 11 is 0. The standard InChI is InChI=1S/C18H29N/c1-13(2)16(8-7-11-19)17-12-15(18(4,5)6)10-9-14(17)3/h8-10,12-13H,7,11,19H2,1-6H3/b16-8+. The Balaban J connectivity index is 3.30. The zero-order valence-corrected chi connectivity index (χ0v) is 13.4. The number of benzene rings is 1. The summed E-state index contributed by atoms with van der Waals surface area (Å²) < 4.78 is 0. The fraction of sp³-hybridized carbons (Fsp3) is 0.556. The first-order valence-electron chi connectivity index (χ1n) is 7.29. The smallest absolute Gasteiger partial charge is 0.00424 e. The highest BCUT2D eigenvalue weighted by Crippen LogP contribution is 2.31. The molecule has 0 radical (unpaired) electrons. The van der Waals surface area contributed by atoms with Crippen molar-refractivity contribution in [3.63, 3.8) is 0 Å². The van der Waals surface area contributed by atoms with Gasteiger partial charge in [0.2, 0.25) is 0 Å². The summed E-state index contributed by atoms with van der Waals surface area (Å²) in [7, 11) is 0. The second-order valence-electron chi connectivity index (χ2n) is 6.67. The average molecular weight is 259 g/mol. The van der Waals surface area contributed by atoms with Crippen molar-refractivity contribution in [3.05, 3.63) is 41.0 Å². The third-order valence-electron chi connectivity index (χ3n) is 3.57. The Morgan fingerprint density at radius 2 is 1.89 bits per heavy atom. The van der Waals surface area contributed by atoms with Gasteiger partial charge in [0.1, 0.15) is 0 Å². The average Bonchev–Trinajstić information content (AvgIpc) is 2.29. The molecule has 0 fully saturated rings. The molecular formula is C18H29N. The second-order valence-corrected chi connectivity index (χ2v) is 6.67. The normalized spacial score (nSPS) is 13.2. The molecule has 0 aliphatic rings. The van der Waals surface area contributed by atoms with Crippen LogP contribution in [0.25, 0.3) is 5.57 Å².